The average Bonchev–Trinajstić information content (AvgIpc) is 2.88. The molecular weight excluding hydrogens is 341 g/mol. The van der Waals surface area contributed by atoms with Gasteiger partial charge in [-0.15, -0.1) is 5.10 Å². The fourth-order valence-corrected chi connectivity index (χ4v) is 3.20. The quantitative estimate of drug-likeness (QED) is 0.588. The Labute approximate surface area is 147 Å². The molecule has 0 fully saturated rings. The van der Waals surface area contributed by atoms with Crippen LogP contribution in [0.5, 0.6) is 0 Å². The summed E-state index contributed by atoms with van der Waals surface area (Å²) in [4.78, 5) is 20.8. The van der Waals surface area contributed by atoms with Gasteiger partial charge >= 0.3 is 0 Å². The van der Waals surface area contributed by atoms with Crippen molar-refractivity contribution in [3.63, 3.8) is 0 Å². The number of likely N-dealkylation sites (N-methyl/N-ethyl adjacent to an activating group) is 1. The number of rotatable bonds is 2. The number of halogens is 1. The van der Waals surface area contributed by atoms with Gasteiger partial charge in [0.15, 0.2) is 17.3 Å². The first-order chi connectivity index (χ1) is 12.3. The Bertz CT molecular complexity index is 1030. The van der Waals surface area contributed by atoms with E-state index in [0.717, 1.165) is 28.0 Å². The van der Waals surface area contributed by atoms with E-state index in [2.05, 4.69) is 20.4 Å². The number of hydroxylamine groups is 3. The zero-order valence-corrected chi connectivity index (χ0v) is 14.0. The van der Waals surface area contributed by atoms with E-state index >= 15 is 0 Å². The van der Waals surface area contributed by atoms with Gasteiger partial charge in [0, 0.05) is 18.2 Å². The predicted molar refractivity (Wildman–Crippen MR) is 89.8 cm³/mol. The lowest BCUT2D eigenvalue weighted by Gasteiger charge is -2.31. The van der Waals surface area contributed by atoms with Crippen molar-refractivity contribution in [1.82, 2.24) is 19.6 Å². The number of nitrogens with two attached hydrogens (primary N) is 1. The van der Waals surface area contributed by atoms with Gasteiger partial charge in [-0.3, -0.25) is 9.78 Å². The van der Waals surface area contributed by atoms with Crippen LogP contribution < -0.4 is 11.1 Å². The van der Waals surface area contributed by atoms with Crippen molar-refractivity contribution in [2.24, 2.45) is 0 Å². The van der Waals surface area contributed by atoms with Crippen LogP contribution in [0.25, 0.3) is 5.65 Å². The minimum atomic E-state index is -0.585. The number of carbonyl (C=O) groups is 1. The van der Waals surface area contributed by atoms with Gasteiger partial charge in [-0.2, -0.15) is 4.65 Å². The lowest BCUT2D eigenvalue weighted by molar-refractivity contribution is -1.10. The average molecular weight is 358 g/mol. The second-order valence-electron chi connectivity index (χ2n) is 6.55. The van der Waals surface area contributed by atoms with Crippen LogP contribution in [0, 0.1) is 5.82 Å². The van der Waals surface area contributed by atoms with Gasteiger partial charge in [-0.25, -0.2) is 19.1 Å². The summed E-state index contributed by atoms with van der Waals surface area (Å²) < 4.78 is 14.3. The Hall–Kier alpha value is -3.11. The highest BCUT2D eigenvalue weighted by Gasteiger charge is 2.30. The van der Waals surface area contributed by atoms with E-state index in [1.54, 1.807) is 19.4 Å². The topological polar surface area (TPSA) is 118 Å². The summed E-state index contributed by atoms with van der Waals surface area (Å²) in [7, 11) is 1.72. The van der Waals surface area contributed by atoms with E-state index in [4.69, 9.17) is 5.73 Å². The number of nitrogens with one attached hydrogen (secondary N) is 1. The van der Waals surface area contributed by atoms with Crippen LogP contribution in [0.1, 0.15) is 21.5 Å². The molecular formula is C16H17FN7O2+. The molecule has 0 saturated carbocycles. The number of pyridine rings is 1. The van der Waals surface area contributed by atoms with Crippen molar-refractivity contribution in [3.05, 3.63) is 47.3 Å². The van der Waals surface area contributed by atoms with Crippen LogP contribution in [-0.2, 0) is 13.0 Å². The Kier molecular flexibility index (Phi) is 3.60. The predicted octanol–water partition coefficient (Wildman–Crippen LogP) is 0.990. The van der Waals surface area contributed by atoms with E-state index in [0.29, 0.717) is 25.2 Å². The molecule has 0 radical (unpaired) electrons. The number of aromatic nitrogens is 4. The molecule has 0 bridgehead atoms. The molecule has 26 heavy (non-hydrogen) atoms. The van der Waals surface area contributed by atoms with Crippen LogP contribution in [0.4, 0.5) is 15.9 Å². The molecule has 3 aromatic rings. The third kappa shape index (κ3) is 2.74. The Morgan fingerprint density at radius 1 is 1.42 bits per heavy atom. The fourth-order valence-electron chi connectivity index (χ4n) is 3.20. The van der Waals surface area contributed by atoms with Gasteiger partial charge < -0.3 is 11.1 Å². The molecule has 1 amide bonds. The lowest BCUT2D eigenvalue weighted by atomic mass is 10.0. The van der Waals surface area contributed by atoms with Gasteiger partial charge in [0.1, 0.15) is 18.7 Å². The number of fused-ring (bicyclic) bond motifs is 2. The number of anilines is 2. The molecule has 4 rings (SSSR count). The Morgan fingerprint density at radius 3 is 3.04 bits per heavy atom. The molecule has 0 saturated heterocycles. The third-order valence-corrected chi connectivity index (χ3v) is 4.44. The fraction of sp³-hybridized carbons (Fsp3) is 0.250. The van der Waals surface area contributed by atoms with Gasteiger partial charge in [0.25, 0.3) is 5.91 Å². The van der Waals surface area contributed by atoms with Crippen molar-refractivity contribution in [2.75, 3.05) is 24.6 Å². The van der Waals surface area contributed by atoms with Crippen molar-refractivity contribution >= 4 is 23.1 Å². The molecule has 0 unspecified atom stereocenters. The van der Waals surface area contributed by atoms with Crippen LogP contribution in [0.3, 0.4) is 0 Å². The molecule has 4 heterocycles. The van der Waals surface area contributed by atoms with Crippen LogP contribution in [-0.4, -0.2) is 48.9 Å². The largest absolute Gasteiger partial charge is 0.381 e. The molecule has 3 aromatic heterocycles. The first-order valence-electron chi connectivity index (χ1n) is 7.98. The molecule has 1 aliphatic heterocycles. The van der Waals surface area contributed by atoms with E-state index in [1.165, 1.54) is 0 Å². The molecule has 9 nitrogen and oxygen atoms in total. The van der Waals surface area contributed by atoms with Crippen LogP contribution >= 0.6 is 0 Å². The van der Waals surface area contributed by atoms with Gasteiger partial charge in [0.2, 0.25) is 0 Å². The smallest absolute Gasteiger partial charge is 0.263 e. The highest BCUT2D eigenvalue weighted by molar-refractivity contribution is 6.11. The van der Waals surface area contributed by atoms with E-state index in [1.807, 2.05) is 0 Å². The van der Waals surface area contributed by atoms with Crippen molar-refractivity contribution in [2.45, 2.75) is 13.0 Å². The van der Waals surface area contributed by atoms with Gasteiger partial charge in [-0.05, 0) is 5.56 Å². The van der Waals surface area contributed by atoms with Crippen LogP contribution in [0.2, 0.25) is 0 Å². The van der Waals surface area contributed by atoms with E-state index in [-0.39, 0.29) is 21.7 Å². The summed E-state index contributed by atoms with van der Waals surface area (Å²) >= 11 is 0. The number of hydrogen-bond donors (Lipinski definition) is 3. The molecule has 0 aliphatic carbocycles. The summed E-state index contributed by atoms with van der Waals surface area (Å²) in [6, 6.07) is 0. The minimum Gasteiger partial charge on any atom is -0.381 e. The Morgan fingerprint density at radius 2 is 2.23 bits per heavy atom. The monoisotopic (exact) mass is 358 g/mol. The minimum absolute atomic E-state index is 0.0436. The maximum atomic E-state index is 13.3. The number of nitrogen functional groups attached to an aromatic ring is 1. The van der Waals surface area contributed by atoms with E-state index < -0.39 is 11.7 Å². The van der Waals surface area contributed by atoms with Gasteiger partial charge in [-0.1, -0.05) is 0 Å². The number of amides is 1. The maximum Gasteiger partial charge on any atom is 0.263 e. The van der Waals surface area contributed by atoms with Gasteiger partial charge in [0.05, 0.1) is 31.3 Å². The second-order valence-corrected chi connectivity index (χ2v) is 6.55. The number of nitrogens with zero attached hydrogens (tertiary/aromatic N) is 5. The zero-order chi connectivity index (χ0) is 18.5. The Balaban J connectivity index is 1.69. The first kappa shape index (κ1) is 16.4. The molecule has 1 atom stereocenters. The van der Waals surface area contributed by atoms with Crippen molar-refractivity contribution < 1.29 is 19.0 Å². The second kappa shape index (κ2) is 5.71. The van der Waals surface area contributed by atoms with Crippen LogP contribution in [0.15, 0.2) is 24.8 Å². The zero-order valence-electron chi connectivity index (χ0n) is 14.0. The van der Waals surface area contributed by atoms with Crippen molar-refractivity contribution in [1.29, 1.82) is 0 Å². The first-order valence-corrected chi connectivity index (χ1v) is 7.98. The molecule has 0 spiro atoms. The molecule has 0 aromatic carbocycles. The molecule has 10 heteroatoms. The third-order valence-electron chi connectivity index (χ3n) is 4.44. The number of quaternary nitrogens is 1. The summed E-state index contributed by atoms with van der Waals surface area (Å²) in [6.45, 7) is 0.936. The molecule has 4 N–H and O–H groups in total. The summed E-state index contributed by atoms with van der Waals surface area (Å²) in [5, 5.41) is 16.9. The summed E-state index contributed by atoms with van der Waals surface area (Å²) in [5.41, 5.74) is 8.40. The highest BCUT2D eigenvalue weighted by atomic mass is 19.1. The van der Waals surface area contributed by atoms with E-state index in [9.17, 15) is 14.4 Å². The highest BCUT2D eigenvalue weighted by Crippen LogP contribution is 2.28. The molecule has 1 aliphatic rings. The maximum absolute atomic E-state index is 13.3. The number of hydrogen-bond acceptors (Lipinski definition) is 6. The number of carbonyl (C=O) groups excluding carboxylic acids is 1. The standard InChI is InChI=1S/C16H16FN7O2/c1-24(26)3-2-11-9(8-24)4-19-6-12(11)21-16(25)13-14(18)22-23-7-10(17)5-20-15(13)23/h4-7,26H,2-3,8H2,1H3,(H2-,18,21,22,25)/p+1/t24-/m0/s1. The SMILES string of the molecule is C[N@+]1(O)CCc2c(cncc2NC(=O)c2c(N)nn3cc(F)cnc23)C1. The molecule has 134 valence electrons. The lowest BCUT2D eigenvalue weighted by Crippen LogP contribution is -2.44. The summed E-state index contributed by atoms with van der Waals surface area (Å²) in [5.74, 6) is -1.13. The van der Waals surface area contributed by atoms with Crippen molar-refractivity contribution in [3.8, 4) is 0 Å². The summed E-state index contributed by atoms with van der Waals surface area (Å²) in [6.07, 6.45) is 5.93. The normalized spacial score (nSPS) is 19.3.